The van der Waals surface area contributed by atoms with Crippen LogP contribution in [0.2, 0.25) is 0 Å². The van der Waals surface area contributed by atoms with Crippen molar-refractivity contribution in [2.24, 2.45) is 11.8 Å². The summed E-state index contributed by atoms with van der Waals surface area (Å²) in [5.74, 6) is -1.82. The lowest BCUT2D eigenvalue weighted by Crippen LogP contribution is -2.20. The number of halogens is 3. The molecule has 0 bridgehead atoms. The van der Waals surface area contributed by atoms with Crippen LogP contribution in [-0.4, -0.2) is 41.2 Å². The fourth-order valence-electron chi connectivity index (χ4n) is 3.79. The first-order chi connectivity index (χ1) is 15.8. The smallest absolute Gasteiger partial charge is 0.392 e. The lowest BCUT2D eigenvalue weighted by Gasteiger charge is -2.11. The largest absolute Gasteiger partial charge is 0.497 e. The Bertz CT molecular complexity index is 1390. The molecule has 0 spiro atoms. The van der Waals surface area contributed by atoms with E-state index in [1.54, 1.807) is 44.6 Å². The van der Waals surface area contributed by atoms with Gasteiger partial charge < -0.3 is 19.8 Å². The molecule has 4 aromatic rings. The van der Waals surface area contributed by atoms with Crippen molar-refractivity contribution in [1.82, 2.24) is 15.0 Å². The van der Waals surface area contributed by atoms with E-state index in [1.807, 2.05) is 0 Å². The number of pyridine rings is 2. The number of carbonyl (C=O) groups is 1. The molecule has 0 aliphatic heterocycles. The lowest BCUT2D eigenvalue weighted by molar-refractivity contribution is -0.153. The molecule has 0 radical (unpaired) electrons. The number of nitrogens with one attached hydrogen (secondary N) is 2. The molecule has 3 heterocycles. The first kappa shape index (κ1) is 21.0. The van der Waals surface area contributed by atoms with E-state index >= 15 is 0 Å². The van der Waals surface area contributed by atoms with Gasteiger partial charge in [-0.25, -0.2) is 15.0 Å². The number of hydrogen-bond donors (Lipinski definition) is 2. The zero-order chi connectivity index (χ0) is 23.3. The molecule has 1 aromatic carbocycles. The minimum absolute atomic E-state index is 0.132. The minimum atomic E-state index is -4.38. The fourth-order valence-corrected chi connectivity index (χ4v) is 3.79. The number of benzene rings is 1. The first-order valence-corrected chi connectivity index (χ1v) is 10.1. The zero-order valence-electron chi connectivity index (χ0n) is 17.5. The maximum absolute atomic E-state index is 12.8. The summed E-state index contributed by atoms with van der Waals surface area (Å²) in [5, 5.41) is 6.71. The molecule has 33 heavy (non-hydrogen) atoms. The number of rotatable bonds is 5. The highest BCUT2D eigenvalue weighted by Crippen LogP contribution is 2.50. The van der Waals surface area contributed by atoms with Crippen LogP contribution in [0.3, 0.4) is 0 Å². The molecule has 170 valence electrons. The van der Waals surface area contributed by atoms with E-state index in [-0.39, 0.29) is 12.2 Å². The van der Waals surface area contributed by atoms with Crippen molar-refractivity contribution < 1.29 is 27.1 Å². The average Bonchev–Trinajstić information content (AvgIpc) is 3.51. The maximum atomic E-state index is 12.8. The number of hydrogen-bond acceptors (Lipinski definition) is 7. The normalized spacial score (nSPS) is 17.8. The number of alkyl halides is 3. The molecule has 5 rings (SSSR count). The van der Waals surface area contributed by atoms with Gasteiger partial charge >= 0.3 is 6.18 Å². The molecule has 2 atom stereocenters. The van der Waals surface area contributed by atoms with Crippen LogP contribution in [-0.2, 0) is 4.79 Å². The average molecular weight is 457 g/mol. The molecule has 1 aliphatic rings. The van der Waals surface area contributed by atoms with Gasteiger partial charge in [-0.1, -0.05) is 0 Å². The number of oxazole rings is 1. The highest BCUT2D eigenvalue weighted by molar-refractivity contribution is 6.03. The summed E-state index contributed by atoms with van der Waals surface area (Å²) in [6.45, 7) is 0. The molecule has 1 fully saturated rings. The first-order valence-electron chi connectivity index (χ1n) is 10.1. The van der Waals surface area contributed by atoms with E-state index in [0.29, 0.717) is 44.9 Å². The highest BCUT2D eigenvalue weighted by Gasteiger charge is 2.58. The van der Waals surface area contributed by atoms with Crippen LogP contribution >= 0.6 is 0 Å². The van der Waals surface area contributed by atoms with E-state index in [1.165, 1.54) is 6.20 Å². The van der Waals surface area contributed by atoms with Crippen molar-refractivity contribution in [2.45, 2.75) is 12.6 Å². The number of amides is 1. The van der Waals surface area contributed by atoms with Gasteiger partial charge in [0.25, 0.3) is 0 Å². The fraction of sp³-hybridized carbons (Fsp3) is 0.273. The Morgan fingerprint density at radius 1 is 1.18 bits per heavy atom. The number of anilines is 2. The molecule has 1 saturated carbocycles. The Morgan fingerprint density at radius 2 is 2.00 bits per heavy atom. The van der Waals surface area contributed by atoms with Crippen molar-refractivity contribution in [1.29, 1.82) is 0 Å². The minimum Gasteiger partial charge on any atom is -0.497 e. The standard InChI is InChI=1S/C22H18F3N5O3/c1-26-19-13-8-27-18(30-20(31)12-6-15(12)22(23,24)25)7-11(13)14(9-28-19)21-29-16-5-10(32-2)3-4-17(16)33-21/h3-5,7-9,12,15H,6H2,1-2H3,(H,26,28)(H,27,30,31). The van der Waals surface area contributed by atoms with Gasteiger partial charge in [-0.05, 0) is 24.6 Å². The number of nitrogens with zero attached hydrogens (tertiary/aromatic N) is 3. The van der Waals surface area contributed by atoms with Gasteiger partial charge in [0, 0.05) is 36.3 Å². The van der Waals surface area contributed by atoms with Crippen molar-refractivity contribution in [3.05, 3.63) is 36.7 Å². The van der Waals surface area contributed by atoms with Crippen LogP contribution in [0.5, 0.6) is 5.75 Å². The second-order valence-corrected chi connectivity index (χ2v) is 7.72. The van der Waals surface area contributed by atoms with Crippen LogP contribution in [0.25, 0.3) is 33.3 Å². The SMILES string of the molecule is CNc1ncc(-c2nc3cc(OC)ccc3o2)c2cc(NC(=O)C3CC3C(F)(F)F)ncc12. The molecule has 1 amide bonds. The van der Waals surface area contributed by atoms with Gasteiger partial charge in [-0.2, -0.15) is 13.2 Å². The summed E-state index contributed by atoms with van der Waals surface area (Å²) in [6.07, 6.45) is -1.53. The summed E-state index contributed by atoms with van der Waals surface area (Å²) in [5.41, 5.74) is 1.67. The van der Waals surface area contributed by atoms with Crippen molar-refractivity contribution in [2.75, 3.05) is 24.8 Å². The summed E-state index contributed by atoms with van der Waals surface area (Å²) in [4.78, 5) is 25.4. The highest BCUT2D eigenvalue weighted by atomic mass is 19.4. The summed E-state index contributed by atoms with van der Waals surface area (Å²) in [6, 6.07) is 6.80. The van der Waals surface area contributed by atoms with Gasteiger partial charge in [-0.3, -0.25) is 4.79 Å². The summed E-state index contributed by atoms with van der Waals surface area (Å²) in [7, 11) is 3.25. The van der Waals surface area contributed by atoms with E-state index in [2.05, 4.69) is 25.6 Å². The second kappa shape index (κ2) is 7.61. The third kappa shape index (κ3) is 3.79. The van der Waals surface area contributed by atoms with E-state index in [9.17, 15) is 18.0 Å². The molecular weight excluding hydrogens is 439 g/mol. The Hall–Kier alpha value is -3.89. The Balaban J connectivity index is 1.53. The predicted molar refractivity (Wildman–Crippen MR) is 115 cm³/mol. The molecule has 8 nitrogen and oxygen atoms in total. The summed E-state index contributed by atoms with van der Waals surface area (Å²) < 4.78 is 49.6. The van der Waals surface area contributed by atoms with E-state index in [4.69, 9.17) is 9.15 Å². The molecule has 2 unspecified atom stereocenters. The molecule has 1 aliphatic carbocycles. The maximum Gasteiger partial charge on any atom is 0.392 e. The summed E-state index contributed by atoms with van der Waals surface area (Å²) >= 11 is 0. The zero-order valence-corrected chi connectivity index (χ0v) is 17.5. The van der Waals surface area contributed by atoms with Crippen molar-refractivity contribution in [3.8, 4) is 17.2 Å². The molecular formula is C22H18F3N5O3. The predicted octanol–water partition coefficient (Wildman–Crippen LogP) is 4.63. The van der Waals surface area contributed by atoms with E-state index < -0.39 is 23.9 Å². The van der Waals surface area contributed by atoms with Gasteiger partial charge in [0.1, 0.15) is 22.9 Å². The molecule has 11 heteroatoms. The monoisotopic (exact) mass is 457 g/mol. The van der Waals surface area contributed by atoms with Crippen molar-refractivity contribution >= 4 is 39.4 Å². The van der Waals surface area contributed by atoms with Crippen LogP contribution in [0.15, 0.2) is 41.1 Å². The van der Waals surface area contributed by atoms with Crippen LogP contribution < -0.4 is 15.4 Å². The van der Waals surface area contributed by atoms with Crippen molar-refractivity contribution in [3.63, 3.8) is 0 Å². The van der Waals surface area contributed by atoms with Gasteiger partial charge in [0.15, 0.2) is 5.58 Å². The Kier molecular flexibility index (Phi) is 4.84. The number of fused-ring (bicyclic) bond motifs is 2. The van der Waals surface area contributed by atoms with Gasteiger partial charge in [0.05, 0.1) is 24.5 Å². The molecule has 0 saturated heterocycles. The van der Waals surface area contributed by atoms with E-state index in [0.717, 1.165) is 0 Å². The van der Waals surface area contributed by atoms with Gasteiger partial charge in [0.2, 0.25) is 11.8 Å². The third-order valence-electron chi connectivity index (χ3n) is 5.63. The number of aromatic nitrogens is 3. The quantitative estimate of drug-likeness (QED) is 0.451. The number of carbonyl (C=O) groups excluding carboxylic acids is 1. The lowest BCUT2D eigenvalue weighted by atomic mass is 10.1. The second-order valence-electron chi connectivity index (χ2n) is 7.72. The Labute approximate surface area is 185 Å². The van der Waals surface area contributed by atoms with Gasteiger partial charge in [-0.15, -0.1) is 0 Å². The number of ether oxygens (including phenoxy) is 1. The van der Waals surface area contributed by atoms with Crippen LogP contribution in [0, 0.1) is 11.8 Å². The topological polar surface area (TPSA) is 102 Å². The molecule has 3 aromatic heterocycles. The molecule has 2 N–H and O–H groups in total. The number of methoxy groups -OCH3 is 1. The van der Waals surface area contributed by atoms with Crippen LogP contribution in [0.1, 0.15) is 6.42 Å². The van der Waals surface area contributed by atoms with Crippen LogP contribution in [0.4, 0.5) is 24.8 Å². The third-order valence-corrected chi connectivity index (χ3v) is 5.63. The Morgan fingerprint density at radius 3 is 2.70 bits per heavy atom.